The van der Waals surface area contributed by atoms with E-state index in [2.05, 4.69) is 15.9 Å². The van der Waals surface area contributed by atoms with E-state index in [0.29, 0.717) is 19.1 Å². The minimum atomic E-state index is -4.01. The summed E-state index contributed by atoms with van der Waals surface area (Å²) in [6.07, 6.45) is 0.479. The molecule has 0 heterocycles. The first-order valence-electron chi connectivity index (χ1n) is 5.40. The summed E-state index contributed by atoms with van der Waals surface area (Å²) < 4.78 is 56.6. The van der Waals surface area contributed by atoms with Crippen molar-refractivity contribution in [2.24, 2.45) is 0 Å². The molecule has 0 atom stereocenters. The minimum absolute atomic E-state index is 0.136. The Morgan fingerprint density at radius 2 is 2.00 bits per heavy atom. The molecule has 0 radical (unpaired) electrons. The average Bonchev–Trinajstić information content (AvgIpc) is 2.27. The van der Waals surface area contributed by atoms with E-state index in [0.717, 1.165) is 10.4 Å². The fourth-order valence-electron chi connectivity index (χ4n) is 1.48. The molecule has 0 fully saturated rings. The first-order chi connectivity index (χ1) is 8.80. The third-order valence-corrected chi connectivity index (χ3v) is 5.27. The molecule has 0 N–H and O–H groups in total. The van der Waals surface area contributed by atoms with Gasteiger partial charge in [-0.2, -0.15) is 0 Å². The van der Waals surface area contributed by atoms with Crippen LogP contribution in [0.1, 0.15) is 6.42 Å². The molecule has 108 valence electrons. The summed E-state index contributed by atoms with van der Waals surface area (Å²) in [5.41, 5.74) is 0. The molecule has 0 saturated heterocycles. The molecule has 8 heteroatoms. The molecule has 0 bridgehead atoms. The van der Waals surface area contributed by atoms with Crippen molar-refractivity contribution in [1.29, 1.82) is 0 Å². The average molecular weight is 358 g/mol. The Morgan fingerprint density at radius 1 is 1.37 bits per heavy atom. The zero-order chi connectivity index (χ0) is 14.6. The van der Waals surface area contributed by atoms with Crippen LogP contribution in [0.15, 0.2) is 21.5 Å². The van der Waals surface area contributed by atoms with Crippen molar-refractivity contribution in [3.05, 3.63) is 28.2 Å². The van der Waals surface area contributed by atoms with Crippen LogP contribution < -0.4 is 0 Å². The molecule has 0 aromatic heterocycles. The van der Waals surface area contributed by atoms with Crippen molar-refractivity contribution >= 4 is 26.0 Å². The number of ether oxygens (including phenoxy) is 1. The maximum Gasteiger partial charge on any atom is 0.246 e. The summed E-state index contributed by atoms with van der Waals surface area (Å²) in [5.74, 6) is -1.96. The lowest BCUT2D eigenvalue weighted by Gasteiger charge is -2.18. The van der Waals surface area contributed by atoms with Gasteiger partial charge in [0.05, 0.1) is 0 Å². The van der Waals surface area contributed by atoms with Crippen LogP contribution in [0, 0.1) is 11.6 Å². The second-order valence-electron chi connectivity index (χ2n) is 3.87. The summed E-state index contributed by atoms with van der Waals surface area (Å²) in [4.78, 5) is -0.561. The Morgan fingerprint density at radius 3 is 2.53 bits per heavy atom. The van der Waals surface area contributed by atoms with Crippen LogP contribution in [0.4, 0.5) is 8.78 Å². The van der Waals surface area contributed by atoms with Crippen LogP contribution in [0.5, 0.6) is 0 Å². The van der Waals surface area contributed by atoms with Gasteiger partial charge in [-0.1, -0.05) is 0 Å². The van der Waals surface area contributed by atoms with Gasteiger partial charge in [0.25, 0.3) is 0 Å². The lowest BCUT2D eigenvalue weighted by molar-refractivity contribution is 0.189. The van der Waals surface area contributed by atoms with Crippen molar-refractivity contribution in [2.75, 3.05) is 27.3 Å². The largest absolute Gasteiger partial charge is 0.385 e. The topological polar surface area (TPSA) is 46.6 Å². The third-order valence-electron chi connectivity index (χ3n) is 2.45. The number of sulfonamides is 1. The van der Waals surface area contributed by atoms with E-state index in [1.165, 1.54) is 14.2 Å². The monoisotopic (exact) mass is 357 g/mol. The fraction of sp³-hybridized carbons (Fsp3) is 0.455. The van der Waals surface area contributed by atoms with E-state index in [1.54, 1.807) is 0 Å². The van der Waals surface area contributed by atoms with Crippen LogP contribution in [0.25, 0.3) is 0 Å². The Bertz CT molecular complexity index is 528. The molecule has 0 spiro atoms. The molecule has 0 aliphatic carbocycles. The van der Waals surface area contributed by atoms with Crippen molar-refractivity contribution < 1.29 is 21.9 Å². The number of hydrogen-bond acceptors (Lipinski definition) is 3. The summed E-state index contributed by atoms with van der Waals surface area (Å²) in [6, 6.07) is 1.46. The van der Waals surface area contributed by atoms with E-state index in [4.69, 9.17) is 4.74 Å². The van der Waals surface area contributed by atoms with Crippen molar-refractivity contribution in [1.82, 2.24) is 4.31 Å². The van der Waals surface area contributed by atoms with Crippen LogP contribution in [-0.4, -0.2) is 40.0 Å². The lowest BCUT2D eigenvalue weighted by Crippen LogP contribution is -2.29. The highest BCUT2D eigenvalue weighted by atomic mass is 79.9. The third kappa shape index (κ3) is 3.95. The molecular weight excluding hydrogens is 344 g/mol. The summed E-state index contributed by atoms with van der Waals surface area (Å²) in [7, 11) is -1.17. The highest BCUT2D eigenvalue weighted by Crippen LogP contribution is 2.28. The summed E-state index contributed by atoms with van der Waals surface area (Å²) >= 11 is 2.87. The Kier molecular flexibility index (Phi) is 5.84. The van der Waals surface area contributed by atoms with Gasteiger partial charge in [0.1, 0.15) is 16.5 Å². The molecule has 1 aromatic carbocycles. The minimum Gasteiger partial charge on any atom is -0.385 e. The van der Waals surface area contributed by atoms with Gasteiger partial charge >= 0.3 is 0 Å². The van der Waals surface area contributed by atoms with E-state index in [-0.39, 0.29) is 11.0 Å². The van der Waals surface area contributed by atoms with Gasteiger partial charge in [-0.15, -0.1) is 0 Å². The SMILES string of the molecule is COCCCN(C)S(=O)(=O)c1c(F)cc(F)cc1Br. The fourth-order valence-corrected chi connectivity index (χ4v) is 3.80. The highest BCUT2D eigenvalue weighted by Gasteiger charge is 2.27. The second-order valence-corrected chi connectivity index (χ2v) is 6.71. The van der Waals surface area contributed by atoms with Gasteiger partial charge in [-0.25, -0.2) is 21.5 Å². The first-order valence-corrected chi connectivity index (χ1v) is 7.64. The quantitative estimate of drug-likeness (QED) is 0.734. The molecular formula is C11H14BrF2NO3S. The number of halogens is 3. The molecule has 0 aliphatic rings. The smallest absolute Gasteiger partial charge is 0.246 e. The van der Waals surface area contributed by atoms with Crippen LogP contribution in [0.3, 0.4) is 0 Å². The predicted molar refractivity (Wildman–Crippen MR) is 70.4 cm³/mol. The van der Waals surface area contributed by atoms with Crippen molar-refractivity contribution in [3.8, 4) is 0 Å². The van der Waals surface area contributed by atoms with Crippen molar-refractivity contribution in [2.45, 2.75) is 11.3 Å². The summed E-state index contributed by atoms with van der Waals surface area (Å²) in [6.45, 7) is 0.576. The zero-order valence-electron chi connectivity index (χ0n) is 10.5. The number of rotatable bonds is 6. The molecule has 0 unspecified atom stereocenters. The van der Waals surface area contributed by atoms with E-state index < -0.39 is 26.6 Å². The highest BCUT2D eigenvalue weighted by molar-refractivity contribution is 9.10. The number of hydrogen-bond donors (Lipinski definition) is 0. The van der Waals surface area contributed by atoms with Crippen LogP contribution in [0.2, 0.25) is 0 Å². The zero-order valence-corrected chi connectivity index (χ0v) is 12.9. The Labute approximate surface area is 119 Å². The molecule has 4 nitrogen and oxygen atoms in total. The van der Waals surface area contributed by atoms with E-state index >= 15 is 0 Å². The molecule has 0 saturated carbocycles. The second kappa shape index (κ2) is 6.74. The van der Waals surface area contributed by atoms with E-state index in [9.17, 15) is 17.2 Å². The molecule has 19 heavy (non-hydrogen) atoms. The first kappa shape index (κ1) is 16.5. The molecule has 1 aromatic rings. The predicted octanol–water partition coefficient (Wildman–Crippen LogP) is 2.38. The number of nitrogens with zero attached hydrogens (tertiary/aromatic N) is 1. The summed E-state index contributed by atoms with van der Waals surface area (Å²) in [5, 5.41) is 0. The van der Waals surface area contributed by atoms with Gasteiger partial charge in [-0.05, 0) is 28.4 Å². The Hall–Kier alpha value is -0.570. The van der Waals surface area contributed by atoms with Crippen LogP contribution >= 0.6 is 15.9 Å². The van der Waals surface area contributed by atoms with Gasteiger partial charge < -0.3 is 4.74 Å². The maximum atomic E-state index is 13.7. The van der Waals surface area contributed by atoms with Crippen LogP contribution in [-0.2, 0) is 14.8 Å². The lowest BCUT2D eigenvalue weighted by atomic mass is 10.3. The van der Waals surface area contributed by atoms with E-state index in [1.807, 2.05) is 0 Å². The number of methoxy groups -OCH3 is 1. The maximum absolute atomic E-state index is 13.7. The molecule has 1 rings (SSSR count). The van der Waals surface area contributed by atoms with Gasteiger partial charge in [0.2, 0.25) is 10.0 Å². The Balaban J connectivity index is 3.07. The standard InChI is InChI=1S/C11H14BrF2NO3S/c1-15(4-3-5-18-2)19(16,17)11-9(12)6-8(13)7-10(11)14/h6-7H,3-5H2,1-2H3. The van der Waals surface area contributed by atoms with Gasteiger partial charge in [0.15, 0.2) is 0 Å². The molecule has 0 amide bonds. The number of benzene rings is 1. The normalized spacial score (nSPS) is 12.1. The molecule has 0 aliphatic heterocycles. The van der Waals surface area contributed by atoms with Gasteiger partial charge in [-0.3, -0.25) is 0 Å². The van der Waals surface area contributed by atoms with Gasteiger partial charge in [0, 0.05) is 37.8 Å². The van der Waals surface area contributed by atoms with Crippen molar-refractivity contribution in [3.63, 3.8) is 0 Å².